The fourth-order valence-electron chi connectivity index (χ4n) is 2.68. The Morgan fingerprint density at radius 1 is 1.42 bits per heavy atom. The minimum Gasteiger partial charge on any atom is -0.463 e. The molecule has 0 bridgehead atoms. The van der Waals surface area contributed by atoms with Crippen LogP contribution in [0, 0.1) is 11.3 Å². The number of hydrogen-bond acceptors (Lipinski definition) is 5. The molecule has 0 saturated carbocycles. The molecule has 0 amide bonds. The molecule has 1 aliphatic heterocycles. The summed E-state index contributed by atoms with van der Waals surface area (Å²) in [5.41, 5.74) is 7.29. The van der Waals surface area contributed by atoms with Gasteiger partial charge in [-0.15, -0.1) is 0 Å². The second kappa shape index (κ2) is 8.02. The van der Waals surface area contributed by atoms with Crippen LogP contribution in [0.5, 0.6) is 0 Å². The number of carbonyl (C=O) groups is 1. The molecule has 0 radical (unpaired) electrons. The quantitative estimate of drug-likeness (QED) is 0.770. The Kier molecular flexibility index (Phi) is 6.04. The van der Waals surface area contributed by atoms with Gasteiger partial charge in [-0.05, 0) is 25.0 Å². The fraction of sp³-hybridized carbons (Fsp3) is 0.333. The van der Waals surface area contributed by atoms with Crippen molar-refractivity contribution >= 4 is 21.9 Å². The number of ether oxygens (including phenoxy) is 2. The smallest absolute Gasteiger partial charge is 0.338 e. The highest BCUT2D eigenvalue weighted by atomic mass is 79.9. The SMILES string of the molecule is CCCC1=C(C(=O)OCC)C(c2ccccc2Br)C(C#N)=C(N)O1. The third kappa shape index (κ3) is 3.46. The lowest BCUT2D eigenvalue weighted by Crippen LogP contribution is -2.26. The van der Waals surface area contributed by atoms with Gasteiger partial charge in [0, 0.05) is 10.9 Å². The number of halogens is 1. The minimum absolute atomic E-state index is 0.0368. The molecule has 1 unspecified atom stereocenters. The standard InChI is InChI=1S/C18H19BrN2O3/c1-3-7-14-16(18(22)23-4-2)15(12(10-20)17(21)24-14)11-8-5-6-9-13(11)19/h5-6,8-9,15H,3-4,7,21H2,1-2H3. The molecule has 1 aromatic carbocycles. The summed E-state index contributed by atoms with van der Waals surface area (Å²) in [7, 11) is 0. The highest BCUT2D eigenvalue weighted by Gasteiger charge is 2.38. The van der Waals surface area contributed by atoms with Crippen LogP contribution >= 0.6 is 15.9 Å². The average molecular weight is 391 g/mol. The van der Waals surface area contributed by atoms with Crippen LogP contribution in [0.2, 0.25) is 0 Å². The number of hydrogen-bond donors (Lipinski definition) is 1. The van der Waals surface area contributed by atoms with Crippen molar-refractivity contribution in [1.29, 1.82) is 5.26 Å². The molecule has 1 aliphatic rings. The Labute approximate surface area is 149 Å². The van der Waals surface area contributed by atoms with Crippen molar-refractivity contribution in [2.45, 2.75) is 32.6 Å². The predicted octanol–water partition coefficient (Wildman–Crippen LogP) is 3.87. The molecule has 6 heteroatoms. The molecule has 1 aromatic rings. The summed E-state index contributed by atoms with van der Waals surface area (Å²) in [6.07, 6.45) is 1.31. The lowest BCUT2D eigenvalue weighted by atomic mass is 9.82. The fourth-order valence-corrected chi connectivity index (χ4v) is 3.20. The number of benzene rings is 1. The van der Waals surface area contributed by atoms with E-state index in [1.807, 2.05) is 31.2 Å². The first kappa shape index (κ1) is 18.1. The Balaban J connectivity index is 2.69. The topological polar surface area (TPSA) is 85.3 Å². The van der Waals surface area contributed by atoms with E-state index in [1.165, 1.54) is 0 Å². The van der Waals surface area contributed by atoms with Gasteiger partial charge in [-0.2, -0.15) is 5.26 Å². The zero-order valence-corrected chi connectivity index (χ0v) is 15.2. The number of allylic oxidation sites excluding steroid dienone is 2. The maximum absolute atomic E-state index is 12.6. The molecular formula is C18H19BrN2O3. The van der Waals surface area contributed by atoms with Gasteiger partial charge in [-0.1, -0.05) is 41.1 Å². The number of nitrogens with zero attached hydrogens (tertiary/aromatic N) is 1. The van der Waals surface area contributed by atoms with Crippen molar-refractivity contribution in [3.8, 4) is 6.07 Å². The first-order chi connectivity index (χ1) is 11.5. The van der Waals surface area contributed by atoms with E-state index in [4.69, 9.17) is 15.2 Å². The lowest BCUT2D eigenvalue weighted by Gasteiger charge is -2.28. The summed E-state index contributed by atoms with van der Waals surface area (Å²) in [6.45, 7) is 3.96. The van der Waals surface area contributed by atoms with Crippen LogP contribution in [0.15, 0.2) is 51.5 Å². The first-order valence-electron chi connectivity index (χ1n) is 7.77. The molecule has 0 aliphatic carbocycles. The second-order valence-electron chi connectivity index (χ2n) is 5.25. The first-order valence-corrected chi connectivity index (χ1v) is 8.56. The van der Waals surface area contributed by atoms with Gasteiger partial charge in [-0.3, -0.25) is 0 Å². The molecule has 0 spiro atoms. The molecule has 5 nitrogen and oxygen atoms in total. The zero-order chi connectivity index (χ0) is 17.7. The van der Waals surface area contributed by atoms with E-state index >= 15 is 0 Å². The van der Waals surface area contributed by atoms with Crippen molar-refractivity contribution in [1.82, 2.24) is 0 Å². The van der Waals surface area contributed by atoms with Gasteiger partial charge in [0.2, 0.25) is 5.88 Å². The summed E-state index contributed by atoms with van der Waals surface area (Å²) in [6, 6.07) is 9.52. The highest BCUT2D eigenvalue weighted by Crippen LogP contribution is 2.43. The molecule has 24 heavy (non-hydrogen) atoms. The van der Waals surface area contributed by atoms with Crippen LogP contribution in [0.25, 0.3) is 0 Å². The number of nitriles is 1. The molecule has 0 fully saturated rings. The molecule has 2 rings (SSSR count). The lowest BCUT2D eigenvalue weighted by molar-refractivity contribution is -0.139. The van der Waals surface area contributed by atoms with E-state index in [2.05, 4.69) is 22.0 Å². The van der Waals surface area contributed by atoms with Gasteiger partial charge in [0.05, 0.1) is 18.1 Å². The molecule has 126 valence electrons. The number of nitrogens with two attached hydrogens (primary N) is 1. The van der Waals surface area contributed by atoms with E-state index in [0.29, 0.717) is 17.8 Å². The van der Waals surface area contributed by atoms with Crippen molar-refractivity contribution in [3.63, 3.8) is 0 Å². The number of rotatable bonds is 5. The number of esters is 1. The summed E-state index contributed by atoms with van der Waals surface area (Å²) in [4.78, 5) is 12.6. The van der Waals surface area contributed by atoms with Crippen molar-refractivity contribution in [2.24, 2.45) is 5.73 Å². The molecule has 1 heterocycles. The normalized spacial score (nSPS) is 17.3. The zero-order valence-electron chi connectivity index (χ0n) is 13.6. The van der Waals surface area contributed by atoms with Crippen LogP contribution in [0.1, 0.15) is 38.2 Å². The summed E-state index contributed by atoms with van der Waals surface area (Å²) < 4.78 is 11.6. The Bertz CT molecular complexity index is 747. The maximum atomic E-state index is 12.6. The van der Waals surface area contributed by atoms with E-state index in [1.54, 1.807) is 6.92 Å². The van der Waals surface area contributed by atoms with Crippen molar-refractivity contribution in [2.75, 3.05) is 6.61 Å². The Morgan fingerprint density at radius 2 is 2.12 bits per heavy atom. The van der Waals surface area contributed by atoms with Crippen LogP contribution < -0.4 is 5.73 Å². The average Bonchev–Trinajstić information content (AvgIpc) is 2.55. The highest BCUT2D eigenvalue weighted by molar-refractivity contribution is 9.10. The van der Waals surface area contributed by atoms with Crippen molar-refractivity contribution < 1.29 is 14.3 Å². The van der Waals surface area contributed by atoms with Crippen LogP contribution in [-0.2, 0) is 14.3 Å². The molecule has 0 saturated heterocycles. The third-order valence-corrected chi connectivity index (χ3v) is 4.41. The summed E-state index contributed by atoms with van der Waals surface area (Å²) >= 11 is 3.49. The van der Waals surface area contributed by atoms with Gasteiger partial charge in [0.15, 0.2) is 0 Å². The number of carbonyl (C=O) groups excluding carboxylic acids is 1. The van der Waals surface area contributed by atoms with Crippen molar-refractivity contribution in [3.05, 3.63) is 57.1 Å². The monoisotopic (exact) mass is 390 g/mol. The molecule has 2 N–H and O–H groups in total. The van der Waals surface area contributed by atoms with Gasteiger partial charge >= 0.3 is 5.97 Å². The Hall–Kier alpha value is -2.26. The largest absolute Gasteiger partial charge is 0.463 e. The third-order valence-electron chi connectivity index (χ3n) is 3.69. The van der Waals surface area contributed by atoms with Gasteiger partial charge in [-0.25, -0.2) is 4.79 Å². The predicted molar refractivity (Wildman–Crippen MR) is 93.4 cm³/mol. The Morgan fingerprint density at radius 3 is 2.71 bits per heavy atom. The summed E-state index contributed by atoms with van der Waals surface area (Å²) in [5.74, 6) is -0.593. The molecular weight excluding hydrogens is 372 g/mol. The van der Waals surface area contributed by atoms with E-state index < -0.39 is 11.9 Å². The maximum Gasteiger partial charge on any atom is 0.338 e. The van der Waals surface area contributed by atoms with E-state index in [-0.39, 0.29) is 18.1 Å². The van der Waals surface area contributed by atoms with Gasteiger partial charge in [0.25, 0.3) is 0 Å². The van der Waals surface area contributed by atoms with Crippen LogP contribution in [0.3, 0.4) is 0 Å². The van der Waals surface area contributed by atoms with Gasteiger partial charge < -0.3 is 15.2 Å². The summed E-state index contributed by atoms with van der Waals surface area (Å²) in [5, 5.41) is 9.57. The van der Waals surface area contributed by atoms with Crippen LogP contribution in [0.4, 0.5) is 0 Å². The minimum atomic E-state index is -0.611. The van der Waals surface area contributed by atoms with Crippen LogP contribution in [-0.4, -0.2) is 12.6 Å². The van der Waals surface area contributed by atoms with E-state index in [0.717, 1.165) is 16.5 Å². The van der Waals surface area contributed by atoms with E-state index in [9.17, 15) is 10.1 Å². The molecule has 1 atom stereocenters. The second-order valence-corrected chi connectivity index (χ2v) is 6.11. The molecule has 0 aromatic heterocycles. The van der Waals surface area contributed by atoms with Gasteiger partial charge in [0.1, 0.15) is 17.4 Å².